The highest BCUT2D eigenvalue weighted by molar-refractivity contribution is 6.30. The van der Waals surface area contributed by atoms with Crippen LogP contribution in [0.25, 0.3) is 11.4 Å². The maximum Gasteiger partial charge on any atom is 0.281 e. The molecular weight excluding hydrogens is 260 g/mol. The SMILES string of the molecule is Nc1nc(N)nc(-c2ccc(Cl)cc2[N+](=O)[O-])n1. The molecule has 1 heterocycles. The summed E-state index contributed by atoms with van der Waals surface area (Å²) in [6, 6.07) is 4.11. The molecule has 4 N–H and O–H groups in total. The Kier molecular flexibility index (Phi) is 2.94. The highest BCUT2D eigenvalue weighted by Gasteiger charge is 2.19. The molecule has 2 rings (SSSR count). The first-order chi connectivity index (χ1) is 8.47. The lowest BCUT2D eigenvalue weighted by atomic mass is 10.1. The van der Waals surface area contributed by atoms with E-state index in [-0.39, 0.29) is 34.0 Å². The number of halogens is 1. The Hall–Kier alpha value is -2.48. The van der Waals surface area contributed by atoms with Crippen molar-refractivity contribution < 1.29 is 4.92 Å². The smallest absolute Gasteiger partial charge is 0.281 e. The van der Waals surface area contributed by atoms with Crippen LogP contribution in [0.3, 0.4) is 0 Å². The van der Waals surface area contributed by atoms with Gasteiger partial charge in [-0.2, -0.15) is 15.0 Å². The Morgan fingerprint density at radius 2 is 1.78 bits per heavy atom. The van der Waals surface area contributed by atoms with Crippen LogP contribution in [0.1, 0.15) is 0 Å². The first-order valence-electron chi connectivity index (χ1n) is 4.68. The third kappa shape index (κ3) is 2.28. The number of nitrogens with two attached hydrogens (primary N) is 2. The molecule has 0 bridgehead atoms. The zero-order chi connectivity index (χ0) is 13.3. The van der Waals surface area contributed by atoms with Crippen LogP contribution in [0.2, 0.25) is 5.02 Å². The van der Waals surface area contributed by atoms with Crippen molar-refractivity contribution in [1.29, 1.82) is 0 Å². The van der Waals surface area contributed by atoms with Crippen molar-refractivity contribution in [2.45, 2.75) is 0 Å². The van der Waals surface area contributed by atoms with Gasteiger partial charge in [0, 0.05) is 11.1 Å². The average Bonchev–Trinajstić information content (AvgIpc) is 2.27. The fourth-order valence-corrected chi connectivity index (χ4v) is 1.54. The third-order valence-corrected chi connectivity index (χ3v) is 2.30. The van der Waals surface area contributed by atoms with E-state index in [9.17, 15) is 10.1 Å². The number of nitro benzene ring substituents is 1. The number of nitrogens with zero attached hydrogens (tertiary/aromatic N) is 4. The third-order valence-electron chi connectivity index (χ3n) is 2.07. The van der Waals surface area contributed by atoms with Crippen LogP contribution in [-0.2, 0) is 0 Å². The van der Waals surface area contributed by atoms with Gasteiger partial charge in [0.05, 0.1) is 10.5 Å². The molecule has 0 amide bonds. The molecule has 1 aromatic carbocycles. The number of anilines is 2. The molecule has 1 aromatic heterocycles. The Morgan fingerprint density at radius 1 is 1.17 bits per heavy atom. The molecule has 2 aromatic rings. The van der Waals surface area contributed by atoms with Gasteiger partial charge in [-0.25, -0.2) is 0 Å². The van der Waals surface area contributed by atoms with E-state index in [1.165, 1.54) is 18.2 Å². The van der Waals surface area contributed by atoms with E-state index < -0.39 is 4.92 Å². The summed E-state index contributed by atoms with van der Waals surface area (Å²) in [6.07, 6.45) is 0. The predicted molar refractivity (Wildman–Crippen MR) is 65.8 cm³/mol. The number of hydrogen-bond donors (Lipinski definition) is 2. The summed E-state index contributed by atoms with van der Waals surface area (Å²) in [7, 11) is 0. The van der Waals surface area contributed by atoms with E-state index in [4.69, 9.17) is 23.1 Å². The lowest BCUT2D eigenvalue weighted by Gasteiger charge is -2.03. The van der Waals surface area contributed by atoms with Gasteiger partial charge in [-0.3, -0.25) is 10.1 Å². The molecule has 0 aliphatic rings. The van der Waals surface area contributed by atoms with E-state index in [1.54, 1.807) is 0 Å². The zero-order valence-electron chi connectivity index (χ0n) is 8.87. The number of nitrogen functional groups attached to an aromatic ring is 2. The van der Waals surface area contributed by atoms with Gasteiger partial charge < -0.3 is 11.5 Å². The lowest BCUT2D eigenvalue weighted by Crippen LogP contribution is -2.05. The first-order valence-corrected chi connectivity index (χ1v) is 5.06. The molecule has 0 unspecified atom stereocenters. The fraction of sp³-hybridized carbons (Fsp3) is 0. The van der Waals surface area contributed by atoms with Crippen LogP contribution in [0.15, 0.2) is 18.2 Å². The molecule has 8 nitrogen and oxygen atoms in total. The second-order valence-corrected chi connectivity index (χ2v) is 3.73. The average molecular weight is 267 g/mol. The number of aromatic nitrogens is 3. The van der Waals surface area contributed by atoms with E-state index in [0.717, 1.165) is 0 Å². The lowest BCUT2D eigenvalue weighted by molar-refractivity contribution is -0.384. The number of hydrogen-bond acceptors (Lipinski definition) is 7. The van der Waals surface area contributed by atoms with Gasteiger partial charge in [-0.15, -0.1) is 0 Å². The maximum atomic E-state index is 10.9. The molecule has 0 aliphatic heterocycles. The van der Waals surface area contributed by atoms with Gasteiger partial charge in [-0.1, -0.05) is 11.6 Å². The summed E-state index contributed by atoms with van der Waals surface area (Å²) >= 11 is 5.70. The van der Waals surface area contributed by atoms with E-state index >= 15 is 0 Å². The first kappa shape index (κ1) is 12.0. The maximum absolute atomic E-state index is 10.9. The second kappa shape index (κ2) is 4.41. The van der Waals surface area contributed by atoms with Gasteiger partial charge in [-0.05, 0) is 12.1 Å². The topological polar surface area (TPSA) is 134 Å². The number of benzene rings is 1. The van der Waals surface area contributed by atoms with Crippen LogP contribution in [-0.4, -0.2) is 19.9 Å². The van der Waals surface area contributed by atoms with Gasteiger partial charge >= 0.3 is 0 Å². The standard InChI is InChI=1S/C9H7ClN6O2/c10-4-1-2-5(6(3-4)16(17)18)7-13-8(11)15-9(12)14-7/h1-3H,(H4,11,12,13,14,15). The van der Waals surface area contributed by atoms with Crippen molar-refractivity contribution in [3.63, 3.8) is 0 Å². The van der Waals surface area contributed by atoms with Crippen LogP contribution < -0.4 is 11.5 Å². The molecule has 0 saturated heterocycles. The van der Waals surface area contributed by atoms with Gasteiger partial charge in [0.2, 0.25) is 11.9 Å². The molecule has 0 fully saturated rings. The molecule has 18 heavy (non-hydrogen) atoms. The quantitative estimate of drug-likeness (QED) is 0.617. The molecule has 0 aliphatic carbocycles. The predicted octanol–water partition coefficient (Wildman–Crippen LogP) is 1.26. The minimum absolute atomic E-state index is 0.0309. The highest BCUT2D eigenvalue weighted by atomic mass is 35.5. The second-order valence-electron chi connectivity index (χ2n) is 3.29. The molecule has 0 radical (unpaired) electrons. The van der Waals surface area contributed by atoms with Crippen LogP contribution in [0, 0.1) is 10.1 Å². The monoisotopic (exact) mass is 266 g/mol. The normalized spacial score (nSPS) is 10.3. The van der Waals surface area contributed by atoms with Crippen molar-refractivity contribution in [1.82, 2.24) is 15.0 Å². The fourth-order valence-electron chi connectivity index (χ4n) is 1.37. The summed E-state index contributed by atoms with van der Waals surface area (Å²) in [5.41, 5.74) is 10.8. The van der Waals surface area contributed by atoms with Crippen LogP contribution in [0.4, 0.5) is 17.6 Å². The molecule has 0 atom stereocenters. The van der Waals surface area contributed by atoms with Crippen molar-refractivity contribution in [2.24, 2.45) is 0 Å². The minimum Gasteiger partial charge on any atom is -0.368 e. The molecule has 0 saturated carbocycles. The summed E-state index contributed by atoms with van der Waals surface area (Å²) in [5, 5.41) is 11.2. The van der Waals surface area contributed by atoms with Crippen molar-refractivity contribution >= 4 is 29.2 Å². The Bertz CT molecular complexity index is 612. The van der Waals surface area contributed by atoms with Crippen LogP contribution in [0.5, 0.6) is 0 Å². The summed E-state index contributed by atoms with van der Waals surface area (Å²) in [6.45, 7) is 0. The molecular formula is C9H7ClN6O2. The Labute approximate surface area is 106 Å². The largest absolute Gasteiger partial charge is 0.368 e. The van der Waals surface area contributed by atoms with Crippen LogP contribution >= 0.6 is 11.6 Å². The minimum atomic E-state index is -0.586. The molecule has 9 heteroatoms. The number of rotatable bonds is 2. The van der Waals surface area contributed by atoms with Gasteiger partial charge in [0.1, 0.15) is 0 Å². The van der Waals surface area contributed by atoms with E-state index in [2.05, 4.69) is 15.0 Å². The van der Waals surface area contributed by atoms with E-state index in [1.807, 2.05) is 0 Å². The van der Waals surface area contributed by atoms with Crippen molar-refractivity contribution in [2.75, 3.05) is 11.5 Å². The Morgan fingerprint density at radius 3 is 2.33 bits per heavy atom. The van der Waals surface area contributed by atoms with Crippen molar-refractivity contribution in [3.8, 4) is 11.4 Å². The number of nitro groups is 1. The van der Waals surface area contributed by atoms with Gasteiger partial charge in [0.15, 0.2) is 5.82 Å². The summed E-state index contributed by atoms with van der Waals surface area (Å²) < 4.78 is 0. The Balaban J connectivity index is 2.66. The van der Waals surface area contributed by atoms with Crippen molar-refractivity contribution in [3.05, 3.63) is 33.3 Å². The zero-order valence-corrected chi connectivity index (χ0v) is 9.63. The summed E-state index contributed by atoms with van der Waals surface area (Å²) in [5.74, 6) is -0.188. The van der Waals surface area contributed by atoms with E-state index in [0.29, 0.717) is 0 Å². The summed E-state index contributed by atoms with van der Waals surface area (Å²) in [4.78, 5) is 21.5. The van der Waals surface area contributed by atoms with Gasteiger partial charge in [0.25, 0.3) is 5.69 Å². The molecule has 92 valence electrons. The molecule has 0 spiro atoms. The highest BCUT2D eigenvalue weighted by Crippen LogP contribution is 2.30.